The highest BCUT2D eigenvalue weighted by molar-refractivity contribution is 9.10. The minimum Gasteiger partial charge on any atom is -0.341 e. The van der Waals surface area contributed by atoms with E-state index in [2.05, 4.69) is 63.3 Å². The molecule has 1 aliphatic rings. The average molecular weight is 331 g/mol. The van der Waals surface area contributed by atoms with Gasteiger partial charge in [-0.2, -0.15) is 0 Å². The summed E-state index contributed by atoms with van der Waals surface area (Å²) in [6.07, 6.45) is 3.20. The minimum absolute atomic E-state index is 0.724. The van der Waals surface area contributed by atoms with Crippen LogP contribution in [0.2, 0.25) is 0 Å². The van der Waals surface area contributed by atoms with Crippen LogP contribution in [-0.2, 0) is 12.8 Å². The first-order valence-corrected chi connectivity index (χ1v) is 7.93. The summed E-state index contributed by atoms with van der Waals surface area (Å²) in [5.41, 5.74) is 11.2. The number of nitrogens with two attached hydrogens (primary N) is 1. The van der Waals surface area contributed by atoms with Crippen LogP contribution in [0.3, 0.4) is 0 Å². The normalized spacial score (nSPS) is 13.6. The summed E-state index contributed by atoms with van der Waals surface area (Å²) in [5, 5.41) is 0. The van der Waals surface area contributed by atoms with E-state index < -0.39 is 0 Å². The lowest BCUT2D eigenvalue weighted by Gasteiger charge is -2.27. The summed E-state index contributed by atoms with van der Waals surface area (Å²) in [7, 11) is 0. The van der Waals surface area contributed by atoms with Crippen LogP contribution in [0, 0.1) is 0 Å². The number of hydrogen-bond acceptors (Lipinski definition) is 2. The predicted molar refractivity (Wildman–Crippen MR) is 88.7 cm³/mol. The van der Waals surface area contributed by atoms with Crippen molar-refractivity contribution in [1.29, 1.82) is 0 Å². The number of halogens is 1. The molecular weight excluding hydrogens is 312 g/mol. The average Bonchev–Trinajstić information content (AvgIpc) is 2.62. The van der Waals surface area contributed by atoms with Gasteiger partial charge in [-0.25, -0.2) is 0 Å². The molecule has 0 amide bonds. The second kappa shape index (κ2) is 5.98. The first kappa shape index (κ1) is 13.7. The van der Waals surface area contributed by atoms with Gasteiger partial charge in [0.2, 0.25) is 0 Å². The highest BCUT2D eigenvalue weighted by atomic mass is 79.9. The maximum Gasteiger partial charge on any atom is 0.0454 e. The fourth-order valence-electron chi connectivity index (χ4n) is 2.87. The number of rotatable bonds is 3. The molecule has 0 aliphatic carbocycles. The molecule has 0 saturated carbocycles. The molecule has 3 rings (SSSR count). The Bertz CT molecular complexity index is 610. The van der Waals surface area contributed by atoms with E-state index in [1.165, 1.54) is 22.5 Å². The molecule has 0 radical (unpaired) electrons. The molecule has 0 unspecified atom stereocenters. The van der Waals surface area contributed by atoms with Crippen molar-refractivity contribution < 1.29 is 0 Å². The van der Waals surface area contributed by atoms with Crippen molar-refractivity contribution >= 4 is 27.3 Å². The Kier molecular flexibility index (Phi) is 4.08. The molecular formula is C17H19BrN2. The highest BCUT2D eigenvalue weighted by Gasteiger charge is 2.19. The number of aryl methyl sites for hydroxylation is 2. The number of nitrogens with zero attached hydrogens (tertiary/aromatic N) is 1. The zero-order valence-electron chi connectivity index (χ0n) is 11.5. The van der Waals surface area contributed by atoms with Gasteiger partial charge in [0, 0.05) is 22.4 Å². The van der Waals surface area contributed by atoms with E-state index in [-0.39, 0.29) is 0 Å². The fraction of sp³-hybridized carbons (Fsp3) is 0.294. The van der Waals surface area contributed by atoms with Crippen LogP contribution in [0.1, 0.15) is 17.5 Å². The first-order chi connectivity index (χ1) is 9.79. The lowest BCUT2D eigenvalue weighted by atomic mass is 10.0. The molecule has 2 nitrogen and oxygen atoms in total. The van der Waals surface area contributed by atoms with Crippen LogP contribution in [-0.4, -0.2) is 13.1 Å². The lowest BCUT2D eigenvalue weighted by Crippen LogP contribution is -2.22. The van der Waals surface area contributed by atoms with E-state index in [4.69, 9.17) is 5.73 Å². The molecule has 3 heteroatoms. The summed E-state index contributed by atoms with van der Waals surface area (Å²) in [5.74, 6) is 0. The maximum atomic E-state index is 5.72. The van der Waals surface area contributed by atoms with E-state index in [9.17, 15) is 0 Å². The molecule has 1 heterocycles. The number of hydrogen-bond donors (Lipinski definition) is 1. The van der Waals surface area contributed by atoms with Crippen LogP contribution in [0.4, 0.5) is 11.4 Å². The van der Waals surface area contributed by atoms with E-state index in [0.717, 1.165) is 36.8 Å². The topological polar surface area (TPSA) is 29.3 Å². The molecule has 104 valence electrons. The van der Waals surface area contributed by atoms with Gasteiger partial charge in [-0.05, 0) is 55.1 Å². The Morgan fingerprint density at radius 3 is 2.55 bits per heavy atom. The fourth-order valence-corrected chi connectivity index (χ4v) is 3.22. The van der Waals surface area contributed by atoms with E-state index in [0.29, 0.717) is 0 Å². The maximum absolute atomic E-state index is 5.72. The van der Waals surface area contributed by atoms with E-state index in [1.807, 2.05) is 0 Å². The van der Waals surface area contributed by atoms with Gasteiger partial charge in [0.1, 0.15) is 0 Å². The molecule has 2 N–H and O–H groups in total. The minimum atomic E-state index is 0.724. The summed E-state index contributed by atoms with van der Waals surface area (Å²) in [4.78, 5) is 2.43. The Morgan fingerprint density at radius 1 is 1.00 bits per heavy atom. The number of anilines is 2. The van der Waals surface area contributed by atoms with Gasteiger partial charge in [-0.15, -0.1) is 0 Å². The second-order valence-electron chi connectivity index (χ2n) is 5.20. The molecule has 0 atom stereocenters. The van der Waals surface area contributed by atoms with E-state index >= 15 is 0 Å². The Balaban J connectivity index is 2.10. The van der Waals surface area contributed by atoms with Gasteiger partial charge in [-0.1, -0.05) is 40.2 Å². The van der Waals surface area contributed by atoms with Crippen LogP contribution in [0.5, 0.6) is 0 Å². The quantitative estimate of drug-likeness (QED) is 0.920. The second-order valence-corrected chi connectivity index (χ2v) is 6.11. The van der Waals surface area contributed by atoms with Gasteiger partial charge < -0.3 is 10.6 Å². The van der Waals surface area contributed by atoms with Crippen molar-refractivity contribution in [1.82, 2.24) is 0 Å². The molecule has 1 aliphatic heterocycles. The number of fused-ring (bicyclic) bond motifs is 2. The van der Waals surface area contributed by atoms with Gasteiger partial charge >= 0.3 is 0 Å². The molecule has 0 aromatic heterocycles. The number of benzene rings is 2. The third-order valence-corrected chi connectivity index (χ3v) is 4.36. The van der Waals surface area contributed by atoms with Crippen molar-refractivity contribution in [3.05, 3.63) is 58.1 Å². The summed E-state index contributed by atoms with van der Waals surface area (Å²) >= 11 is 3.60. The van der Waals surface area contributed by atoms with Gasteiger partial charge in [-0.3, -0.25) is 0 Å². The summed E-state index contributed by atoms with van der Waals surface area (Å²) in [6.45, 7) is 1.69. The lowest BCUT2D eigenvalue weighted by molar-refractivity contribution is 0.816. The molecule has 2 aromatic carbocycles. The summed E-state index contributed by atoms with van der Waals surface area (Å²) in [6, 6.07) is 15.3. The van der Waals surface area contributed by atoms with Crippen LogP contribution in [0.15, 0.2) is 46.9 Å². The monoisotopic (exact) mass is 330 g/mol. The number of para-hydroxylation sites is 1. The molecule has 0 spiro atoms. The highest BCUT2D eigenvalue weighted by Crippen LogP contribution is 2.37. The van der Waals surface area contributed by atoms with Crippen LogP contribution < -0.4 is 10.6 Å². The first-order valence-electron chi connectivity index (χ1n) is 7.13. The molecule has 0 saturated heterocycles. The molecule has 2 aromatic rings. The van der Waals surface area contributed by atoms with Gasteiger partial charge in [0.25, 0.3) is 0 Å². The summed E-state index contributed by atoms with van der Waals surface area (Å²) < 4.78 is 1.13. The van der Waals surface area contributed by atoms with Crippen LogP contribution in [0.25, 0.3) is 0 Å². The Morgan fingerprint density at radius 2 is 1.75 bits per heavy atom. The largest absolute Gasteiger partial charge is 0.341 e. The molecule has 20 heavy (non-hydrogen) atoms. The third kappa shape index (κ3) is 2.60. The van der Waals surface area contributed by atoms with Crippen molar-refractivity contribution in [2.24, 2.45) is 5.73 Å². The SMILES string of the molecule is NCCCN1c2ccccc2CCc2ccc(Br)cc21. The van der Waals surface area contributed by atoms with E-state index in [1.54, 1.807) is 0 Å². The van der Waals surface area contributed by atoms with Crippen molar-refractivity contribution in [3.8, 4) is 0 Å². The van der Waals surface area contributed by atoms with Gasteiger partial charge in [0.15, 0.2) is 0 Å². The standard InChI is InChI=1S/C17H19BrN2/c18-15-9-8-14-7-6-13-4-1-2-5-16(13)20(11-3-10-19)17(14)12-15/h1-2,4-5,8-9,12H,3,6-7,10-11,19H2. The zero-order chi connectivity index (χ0) is 13.9. The zero-order valence-corrected chi connectivity index (χ0v) is 13.1. The predicted octanol–water partition coefficient (Wildman–Crippen LogP) is 4.03. The van der Waals surface area contributed by atoms with Gasteiger partial charge in [0.05, 0.1) is 0 Å². The van der Waals surface area contributed by atoms with Crippen molar-refractivity contribution in [2.75, 3.05) is 18.0 Å². The molecule has 0 bridgehead atoms. The third-order valence-electron chi connectivity index (χ3n) is 3.87. The molecule has 0 fully saturated rings. The smallest absolute Gasteiger partial charge is 0.0454 e. The Hall–Kier alpha value is -1.32. The van der Waals surface area contributed by atoms with Crippen molar-refractivity contribution in [3.63, 3.8) is 0 Å². The van der Waals surface area contributed by atoms with Crippen LogP contribution >= 0.6 is 15.9 Å². The Labute approximate surface area is 128 Å². The van der Waals surface area contributed by atoms with Crippen molar-refractivity contribution in [2.45, 2.75) is 19.3 Å².